The number of halogens is 1. The van der Waals surface area contributed by atoms with Crippen LogP contribution >= 0.6 is 15.9 Å². The van der Waals surface area contributed by atoms with Gasteiger partial charge >= 0.3 is 5.97 Å². The third kappa shape index (κ3) is 3.24. The highest BCUT2D eigenvalue weighted by molar-refractivity contribution is 9.09. The molecule has 0 heterocycles. The summed E-state index contributed by atoms with van der Waals surface area (Å²) in [7, 11) is 0. The topological polar surface area (TPSA) is 91.7 Å². The lowest BCUT2D eigenvalue weighted by Crippen LogP contribution is -2.13. The minimum absolute atomic E-state index is 0.00493. The molecule has 2 N–H and O–H groups in total. The summed E-state index contributed by atoms with van der Waals surface area (Å²) in [5, 5.41) is 18.6. The number of aldehydes is 1. The van der Waals surface area contributed by atoms with E-state index in [-0.39, 0.29) is 23.3 Å². The number of benzene rings is 1. The van der Waals surface area contributed by atoms with Crippen molar-refractivity contribution >= 4 is 34.0 Å². The molecule has 1 atom stereocenters. The number of carbonyl (C=O) groups excluding carboxylic acids is 2. The van der Waals surface area contributed by atoms with Gasteiger partial charge in [0.1, 0.15) is 6.29 Å². The number of ketones is 1. The number of carboxylic acids is 1. The first kappa shape index (κ1) is 14.5. The van der Waals surface area contributed by atoms with E-state index in [1.165, 1.54) is 18.2 Å². The number of alkyl halides is 1. The van der Waals surface area contributed by atoms with Gasteiger partial charge in [0.25, 0.3) is 0 Å². The summed E-state index contributed by atoms with van der Waals surface area (Å²) in [6.45, 7) is 0. The maximum atomic E-state index is 11.6. The van der Waals surface area contributed by atoms with Gasteiger partial charge in [0.2, 0.25) is 0 Å². The van der Waals surface area contributed by atoms with Crippen LogP contribution in [0.3, 0.4) is 0 Å². The van der Waals surface area contributed by atoms with E-state index in [1.807, 2.05) is 0 Å². The molecule has 0 saturated heterocycles. The first-order valence-corrected chi connectivity index (χ1v) is 6.22. The number of aliphatic hydroxyl groups is 1. The average molecular weight is 315 g/mol. The van der Waals surface area contributed by atoms with E-state index >= 15 is 0 Å². The summed E-state index contributed by atoms with van der Waals surface area (Å²) in [6, 6.07) is 3.98. The molecule has 0 radical (unpaired) electrons. The van der Waals surface area contributed by atoms with Crippen LogP contribution < -0.4 is 0 Å². The molecule has 6 heteroatoms. The first-order chi connectivity index (χ1) is 8.51. The number of rotatable bonds is 6. The van der Waals surface area contributed by atoms with Crippen LogP contribution in [0.4, 0.5) is 0 Å². The van der Waals surface area contributed by atoms with Crippen molar-refractivity contribution in [3.63, 3.8) is 0 Å². The summed E-state index contributed by atoms with van der Waals surface area (Å²) < 4.78 is 0. The number of carbonyl (C=O) groups is 3. The van der Waals surface area contributed by atoms with E-state index in [2.05, 4.69) is 15.9 Å². The number of aliphatic carboxylic acids is 1. The number of hydrogen-bond acceptors (Lipinski definition) is 4. The van der Waals surface area contributed by atoms with Gasteiger partial charge < -0.3 is 10.2 Å². The molecule has 0 aliphatic carbocycles. The maximum absolute atomic E-state index is 11.6. The fourth-order valence-corrected chi connectivity index (χ4v) is 1.82. The second kappa shape index (κ2) is 6.42. The number of Topliss-reactive ketones (excluding diaryl/α,β-unsaturated/α-hetero) is 1. The number of hydrogen-bond donors (Lipinski definition) is 2. The van der Waals surface area contributed by atoms with E-state index < -0.39 is 12.1 Å². The van der Waals surface area contributed by atoms with E-state index in [9.17, 15) is 19.5 Å². The molecule has 0 amide bonds. The zero-order valence-corrected chi connectivity index (χ0v) is 10.9. The highest BCUT2D eigenvalue weighted by Gasteiger charge is 2.20. The standard InChI is InChI=1S/C12H11BrO5/c13-4-3-10(15)7-1-2-9(8(5-7)6-14)11(16)12(17)18/h1-2,5-6,11,16H,3-4H2,(H,17,18). The lowest BCUT2D eigenvalue weighted by Gasteiger charge is -2.09. The Hall–Kier alpha value is -1.53. The molecular formula is C12H11BrO5. The molecule has 0 fully saturated rings. The molecule has 0 saturated carbocycles. The second-order valence-corrected chi connectivity index (χ2v) is 4.36. The van der Waals surface area contributed by atoms with Gasteiger partial charge in [0.15, 0.2) is 11.9 Å². The Balaban J connectivity index is 3.15. The molecule has 0 aromatic heterocycles. The van der Waals surface area contributed by atoms with Crippen molar-refractivity contribution in [2.45, 2.75) is 12.5 Å². The fraction of sp³-hybridized carbons (Fsp3) is 0.250. The van der Waals surface area contributed by atoms with Crippen molar-refractivity contribution in [2.75, 3.05) is 5.33 Å². The lowest BCUT2D eigenvalue weighted by atomic mass is 9.98. The van der Waals surface area contributed by atoms with E-state index in [0.29, 0.717) is 17.2 Å². The van der Waals surface area contributed by atoms with Crippen LogP contribution in [0.5, 0.6) is 0 Å². The van der Waals surface area contributed by atoms with Crippen molar-refractivity contribution < 1.29 is 24.6 Å². The monoisotopic (exact) mass is 314 g/mol. The lowest BCUT2D eigenvalue weighted by molar-refractivity contribution is -0.146. The quantitative estimate of drug-likeness (QED) is 0.472. The minimum atomic E-state index is -1.77. The van der Waals surface area contributed by atoms with Crippen LogP contribution in [-0.2, 0) is 4.79 Å². The van der Waals surface area contributed by atoms with Gasteiger partial charge in [-0.15, -0.1) is 0 Å². The second-order valence-electron chi connectivity index (χ2n) is 3.56. The fourth-order valence-electron chi connectivity index (χ4n) is 1.46. The molecule has 96 valence electrons. The van der Waals surface area contributed by atoms with E-state index in [4.69, 9.17) is 5.11 Å². The summed E-state index contributed by atoms with van der Waals surface area (Å²) in [4.78, 5) is 33.1. The third-order valence-corrected chi connectivity index (χ3v) is 2.78. The Bertz CT molecular complexity index is 483. The van der Waals surface area contributed by atoms with Gasteiger partial charge in [-0.25, -0.2) is 4.79 Å². The molecular weight excluding hydrogens is 304 g/mol. The molecule has 5 nitrogen and oxygen atoms in total. The SMILES string of the molecule is O=Cc1cc(C(=O)CCBr)ccc1C(O)C(=O)O. The molecule has 0 aliphatic rings. The zero-order chi connectivity index (χ0) is 13.7. The molecule has 0 spiro atoms. The molecule has 0 bridgehead atoms. The molecule has 1 rings (SSSR count). The Morgan fingerprint density at radius 2 is 2.06 bits per heavy atom. The predicted molar refractivity (Wildman–Crippen MR) is 67.2 cm³/mol. The molecule has 1 unspecified atom stereocenters. The number of aliphatic hydroxyl groups excluding tert-OH is 1. The van der Waals surface area contributed by atoms with Crippen LogP contribution in [0, 0.1) is 0 Å². The van der Waals surface area contributed by atoms with Crippen molar-refractivity contribution in [1.82, 2.24) is 0 Å². The highest BCUT2D eigenvalue weighted by atomic mass is 79.9. The van der Waals surface area contributed by atoms with Crippen molar-refractivity contribution in [3.05, 3.63) is 34.9 Å². The van der Waals surface area contributed by atoms with Crippen molar-refractivity contribution in [3.8, 4) is 0 Å². The Morgan fingerprint density at radius 3 is 2.56 bits per heavy atom. The summed E-state index contributed by atoms with van der Waals surface area (Å²) in [5.41, 5.74) is 0.302. The van der Waals surface area contributed by atoms with E-state index in [0.717, 1.165) is 0 Å². The van der Waals surface area contributed by atoms with Gasteiger partial charge in [0.05, 0.1) is 0 Å². The van der Waals surface area contributed by atoms with Gasteiger partial charge in [-0.1, -0.05) is 28.1 Å². The predicted octanol–water partition coefficient (Wildman–Crippen LogP) is 1.58. The Kier molecular flexibility index (Phi) is 5.18. The van der Waals surface area contributed by atoms with Crippen LogP contribution in [-0.4, -0.2) is 33.6 Å². The summed E-state index contributed by atoms with van der Waals surface area (Å²) >= 11 is 3.13. The minimum Gasteiger partial charge on any atom is -0.479 e. The van der Waals surface area contributed by atoms with E-state index in [1.54, 1.807) is 0 Å². The van der Waals surface area contributed by atoms with Crippen molar-refractivity contribution in [1.29, 1.82) is 0 Å². The maximum Gasteiger partial charge on any atom is 0.337 e. The first-order valence-electron chi connectivity index (χ1n) is 5.10. The molecule has 18 heavy (non-hydrogen) atoms. The van der Waals surface area contributed by atoms with Crippen LogP contribution in [0.2, 0.25) is 0 Å². The molecule has 0 aliphatic heterocycles. The number of carboxylic acid groups (broad SMARTS) is 1. The smallest absolute Gasteiger partial charge is 0.337 e. The average Bonchev–Trinajstić information content (AvgIpc) is 2.37. The zero-order valence-electron chi connectivity index (χ0n) is 9.30. The van der Waals surface area contributed by atoms with Crippen LogP contribution in [0.1, 0.15) is 38.8 Å². The highest BCUT2D eigenvalue weighted by Crippen LogP contribution is 2.19. The third-order valence-electron chi connectivity index (χ3n) is 2.39. The molecule has 1 aromatic rings. The molecule has 1 aromatic carbocycles. The summed E-state index contributed by atoms with van der Waals surface area (Å²) in [6.07, 6.45) is -1.07. The van der Waals surface area contributed by atoms with Crippen LogP contribution in [0.15, 0.2) is 18.2 Å². The Morgan fingerprint density at radius 1 is 1.39 bits per heavy atom. The summed E-state index contributed by atoms with van der Waals surface area (Å²) in [5.74, 6) is -1.61. The Labute approximate surface area is 112 Å². The van der Waals surface area contributed by atoms with Crippen molar-refractivity contribution in [2.24, 2.45) is 0 Å². The normalized spacial score (nSPS) is 11.9. The van der Waals surface area contributed by atoms with Gasteiger partial charge in [0, 0.05) is 28.4 Å². The van der Waals surface area contributed by atoms with Gasteiger partial charge in [-0.3, -0.25) is 9.59 Å². The van der Waals surface area contributed by atoms with Gasteiger partial charge in [-0.2, -0.15) is 0 Å². The largest absolute Gasteiger partial charge is 0.479 e. The van der Waals surface area contributed by atoms with Gasteiger partial charge in [-0.05, 0) is 6.07 Å². The van der Waals surface area contributed by atoms with Crippen LogP contribution in [0.25, 0.3) is 0 Å².